The van der Waals surface area contributed by atoms with E-state index in [0.29, 0.717) is 13.0 Å². The molecule has 0 aliphatic carbocycles. The second-order valence-electron chi connectivity index (χ2n) is 4.33. The lowest BCUT2D eigenvalue weighted by Crippen LogP contribution is -2.18. The summed E-state index contributed by atoms with van der Waals surface area (Å²) in [4.78, 5) is 11.1. The summed E-state index contributed by atoms with van der Waals surface area (Å²) >= 11 is 0. The first-order chi connectivity index (χ1) is 8.81. The Morgan fingerprint density at radius 3 is 2.50 bits per heavy atom. The molecule has 0 heterocycles. The minimum absolute atomic E-state index is 0.0708. The lowest BCUT2D eigenvalue weighted by Gasteiger charge is -2.05. The molecule has 0 aliphatic heterocycles. The summed E-state index contributed by atoms with van der Waals surface area (Å²) < 4.78 is 10.3. The minimum atomic E-state index is -0.0708. The predicted octanol–water partition coefficient (Wildman–Crippen LogP) is 2.52. The Bertz CT molecular complexity index is 186. The summed E-state index contributed by atoms with van der Waals surface area (Å²) in [6.45, 7) is 8.21. The highest BCUT2D eigenvalue weighted by Gasteiger charge is 2.00. The molecule has 0 spiro atoms. The third-order valence-electron chi connectivity index (χ3n) is 2.53. The van der Waals surface area contributed by atoms with Gasteiger partial charge >= 0.3 is 5.97 Å². The lowest BCUT2D eigenvalue weighted by atomic mass is 10.2. The Kier molecular flexibility index (Phi) is 14.0. The second kappa shape index (κ2) is 14.5. The van der Waals surface area contributed by atoms with Gasteiger partial charge in [-0.2, -0.15) is 0 Å². The van der Waals surface area contributed by atoms with Crippen LogP contribution in [0.3, 0.4) is 0 Å². The summed E-state index contributed by atoms with van der Waals surface area (Å²) in [5.74, 6) is -0.0708. The summed E-state index contributed by atoms with van der Waals surface area (Å²) in [6, 6.07) is 0. The van der Waals surface area contributed by atoms with Crippen LogP contribution in [0, 0.1) is 0 Å². The van der Waals surface area contributed by atoms with Crippen molar-refractivity contribution in [1.29, 1.82) is 0 Å². The van der Waals surface area contributed by atoms with Gasteiger partial charge in [0.15, 0.2) is 0 Å². The van der Waals surface area contributed by atoms with Crippen molar-refractivity contribution in [1.82, 2.24) is 5.32 Å². The van der Waals surface area contributed by atoms with Gasteiger partial charge in [-0.1, -0.05) is 13.3 Å². The van der Waals surface area contributed by atoms with Crippen molar-refractivity contribution in [2.24, 2.45) is 0 Å². The van der Waals surface area contributed by atoms with Gasteiger partial charge in [0.1, 0.15) is 0 Å². The maximum absolute atomic E-state index is 11.1. The van der Waals surface area contributed by atoms with Crippen LogP contribution in [0.4, 0.5) is 0 Å². The maximum Gasteiger partial charge on any atom is 0.305 e. The number of nitrogens with one attached hydrogen (secondary N) is 1. The number of ether oxygens (including phenoxy) is 2. The molecular weight excluding hydrogens is 230 g/mol. The van der Waals surface area contributed by atoms with Crippen LogP contribution >= 0.6 is 0 Å². The number of esters is 1. The number of carbonyl (C=O) groups is 1. The molecule has 0 fully saturated rings. The van der Waals surface area contributed by atoms with Crippen LogP contribution in [0.25, 0.3) is 0 Å². The fourth-order valence-corrected chi connectivity index (χ4v) is 1.60. The van der Waals surface area contributed by atoms with E-state index in [2.05, 4.69) is 12.2 Å². The first kappa shape index (κ1) is 17.4. The van der Waals surface area contributed by atoms with Gasteiger partial charge in [-0.3, -0.25) is 4.79 Å². The molecule has 108 valence electrons. The Hall–Kier alpha value is -0.610. The van der Waals surface area contributed by atoms with E-state index in [4.69, 9.17) is 9.47 Å². The average Bonchev–Trinajstić information content (AvgIpc) is 2.36. The van der Waals surface area contributed by atoms with Crippen LogP contribution in [-0.2, 0) is 14.3 Å². The Balaban J connectivity index is 3.01. The first-order valence-electron chi connectivity index (χ1n) is 7.25. The molecule has 0 aromatic carbocycles. The third kappa shape index (κ3) is 13.5. The highest BCUT2D eigenvalue weighted by atomic mass is 16.5. The van der Waals surface area contributed by atoms with Crippen molar-refractivity contribution < 1.29 is 14.3 Å². The zero-order chi connectivity index (χ0) is 13.5. The maximum atomic E-state index is 11.1. The fraction of sp³-hybridized carbons (Fsp3) is 0.929. The summed E-state index contributed by atoms with van der Waals surface area (Å²) in [5, 5.41) is 3.38. The van der Waals surface area contributed by atoms with Gasteiger partial charge in [0.25, 0.3) is 0 Å². The molecule has 4 heteroatoms. The largest absolute Gasteiger partial charge is 0.466 e. The van der Waals surface area contributed by atoms with Crippen LogP contribution in [0.1, 0.15) is 52.4 Å². The van der Waals surface area contributed by atoms with Crippen LogP contribution in [0.5, 0.6) is 0 Å². The smallest absolute Gasteiger partial charge is 0.305 e. The molecule has 0 aromatic heterocycles. The van der Waals surface area contributed by atoms with Gasteiger partial charge in [0.05, 0.1) is 6.61 Å². The van der Waals surface area contributed by atoms with Gasteiger partial charge in [-0.25, -0.2) is 0 Å². The van der Waals surface area contributed by atoms with E-state index in [1.54, 1.807) is 0 Å². The third-order valence-corrected chi connectivity index (χ3v) is 2.53. The highest BCUT2D eigenvalue weighted by Crippen LogP contribution is 2.00. The molecule has 0 rings (SSSR count). The van der Waals surface area contributed by atoms with E-state index in [0.717, 1.165) is 58.4 Å². The Morgan fingerprint density at radius 1 is 1.00 bits per heavy atom. The van der Waals surface area contributed by atoms with Crippen molar-refractivity contribution in [2.75, 3.05) is 32.9 Å². The molecule has 0 aliphatic rings. The summed E-state index contributed by atoms with van der Waals surface area (Å²) in [6.07, 6.45) is 5.85. The number of carbonyl (C=O) groups excluding carboxylic acids is 1. The number of hydrogen-bond donors (Lipinski definition) is 1. The zero-order valence-corrected chi connectivity index (χ0v) is 12.0. The molecular formula is C14H29NO3. The molecule has 0 saturated heterocycles. The van der Waals surface area contributed by atoms with Gasteiger partial charge < -0.3 is 14.8 Å². The monoisotopic (exact) mass is 259 g/mol. The number of unbranched alkanes of at least 4 members (excludes halogenated alkanes) is 2. The normalized spacial score (nSPS) is 10.6. The number of rotatable bonds is 13. The standard InChI is InChI=1S/C14H29NO3/c1-3-12-17-13-8-11-15-10-7-5-6-9-14(16)18-4-2/h15H,3-13H2,1-2H3. The highest BCUT2D eigenvalue weighted by molar-refractivity contribution is 5.69. The quantitative estimate of drug-likeness (QED) is 0.408. The molecule has 0 amide bonds. The first-order valence-corrected chi connectivity index (χ1v) is 7.25. The molecule has 0 bridgehead atoms. The second-order valence-corrected chi connectivity index (χ2v) is 4.33. The molecule has 0 atom stereocenters. The summed E-state index contributed by atoms with van der Waals surface area (Å²) in [7, 11) is 0. The molecule has 0 saturated carbocycles. The molecule has 1 N–H and O–H groups in total. The van der Waals surface area contributed by atoms with E-state index in [1.165, 1.54) is 0 Å². The molecule has 4 nitrogen and oxygen atoms in total. The van der Waals surface area contributed by atoms with Crippen LogP contribution in [-0.4, -0.2) is 38.9 Å². The number of hydrogen-bond acceptors (Lipinski definition) is 4. The van der Waals surface area contributed by atoms with E-state index in [-0.39, 0.29) is 5.97 Å². The van der Waals surface area contributed by atoms with Gasteiger partial charge in [0, 0.05) is 19.6 Å². The summed E-state index contributed by atoms with van der Waals surface area (Å²) in [5.41, 5.74) is 0. The van der Waals surface area contributed by atoms with Gasteiger partial charge in [-0.05, 0) is 45.7 Å². The van der Waals surface area contributed by atoms with Crippen LogP contribution in [0.15, 0.2) is 0 Å². The Morgan fingerprint density at radius 2 is 1.78 bits per heavy atom. The Labute approximate surface area is 111 Å². The van der Waals surface area contributed by atoms with Crippen molar-refractivity contribution in [3.63, 3.8) is 0 Å². The SMILES string of the molecule is CCCOCCCNCCCCCC(=O)OCC. The molecule has 18 heavy (non-hydrogen) atoms. The van der Waals surface area contributed by atoms with Crippen molar-refractivity contribution in [2.45, 2.75) is 52.4 Å². The van der Waals surface area contributed by atoms with Crippen molar-refractivity contribution in [3.8, 4) is 0 Å². The van der Waals surface area contributed by atoms with E-state index >= 15 is 0 Å². The van der Waals surface area contributed by atoms with Crippen molar-refractivity contribution in [3.05, 3.63) is 0 Å². The average molecular weight is 259 g/mol. The van der Waals surface area contributed by atoms with Crippen LogP contribution < -0.4 is 5.32 Å². The zero-order valence-electron chi connectivity index (χ0n) is 12.0. The topological polar surface area (TPSA) is 47.6 Å². The van der Waals surface area contributed by atoms with Gasteiger partial charge in [-0.15, -0.1) is 0 Å². The van der Waals surface area contributed by atoms with Crippen LogP contribution in [0.2, 0.25) is 0 Å². The van der Waals surface area contributed by atoms with E-state index in [9.17, 15) is 4.79 Å². The van der Waals surface area contributed by atoms with E-state index in [1.807, 2.05) is 6.92 Å². The lowest BCUT2D eigenvalue weighted by molar-refractivity contribution is -0.143. The minimum Gasteiger partial charge on any atom is -0.466 e. The molecule has 0 radical (unpaired) electrons. The fourth-order valence-electron chi connectivity index (χ4n) is 1.60. The van der Waals surface area contributed by atoms with Gasteiger partial charge in [0.2, 0.25) is 0 Å². The predicted molar refractivity (Wildman–Crippen MR) is 73.7 cm³/mol. The molecule has 0 unspecified atom stereocenters. The van der Waals surface area contributed by atoms with Crippen molar-refractivity contribution >= 4 is 5.97 Å². The van der Waals surface area contributed by atoms with E-state index < -0.39 is 0 Å². The molecule has 0 aromatic rings.